The van der Waals surface area contributed by atoms with E-state index in [1.165, 1.54) is 5.39 Å². The molecule has 2 aliphatic rings. The monoisotopic (exact) mass is 419 g/mol. The summed E-state index contributed by atoms with van der Waals surface area (Å²) in [5, 5.41) is 23.9. The summed E-state index contributed by atoms with van der Waals surface area (Å²) < 4.78 is 11.8. The molecule has 0 radical (unpaired) electrons. The number of aliphatic hydroxyl groups is 2. The SMILES string of the molecule is COc1ccc2c(c1)OC1(CCN(C[C@@H](O)c3ccc4ccccc4c3)CC1)C[C@@H]2O. The molecule has 0 amide bonds. The van der Waals surface area contributed by atoms with Gasteiger partial charge >= 0.3 is 0 Å². The third-order valence-corrected chi connectivity index (χ3v) is 6.83. The standard InChI is InChI=1S/C26H29NO4/c1-30-21-8-9-22-23(28)16-26(31-25(22)15-21)10-12-27(13-11-26)17-24(29)20-7-6-18-4-2-3-5-19(18)14-20/h2-9,14-15,23-24,28-29H,10-13,16-17H2,1H3/t23-,24+/m0/s1. The largest absolute Gasteiger partial charge is 0.497 e. The van der Waals surface area contributed by atoms with Crippen LogP contribution in [0.15, 0.2) is 60.7 Å². The van der Waals surface area contributed by atoms with Crippen LogP contribution in [0.3, 0.4) is 0 Å². The fourth-order valence-electron chi connectivity index (χ4n) is 4.96. The van der Waals surface area contributed by atoms with Gasteiger partial charge in [0.05, 0.1) is 19.3 Å². The highest BCUT2D eigenvalue weighted by Gasteiger charge is 2.43. The minimum atomic E-state index is -0.526. The Morgan fingerprint density at radius 2 is 1.84 bits per heavy atom. The Hall–Kier alpha value is -2.60. The highest BCUT2D eigenvalue weighted by atomic mass is 16.5. The Labute approximate surface area is 182 Å². The van der Waals surface area contributed by atoms with Crippen molar-refractivity contribution in [2.75, 3.05) is 26.7 Å². The van der Waals surface area contributed by atoms with Crippen LogP contribution in [0, 0.1) is 0 Å². The number of fused-ring (bicyclic) bond motifs is 2. The van der Waals surface area contributed by atoms with E-state index in [1.54, 1.807) is 7.11 Å². The summed E-state index contributed by atoms with van der Waals surface area (Å²) in [5.41, 5.74) is 1.42. The van der Waals surface area contributed by atoms with E-state index < -0.39 is 12.2 Å². The Kier molecular flexibility index (Phi) is 5.34. The van der Waals surface area contributed by atoms with E-state index in [-0.39, 0.29) is 5.60 Å². The van der Waals surface area contributed by atoms with Crippen molar-refractivity contribution in [3.05, 3.63) is 71.8 Å². The predicted molar refractivity (Wildman–Crippen MR) is 121 cm³/mol. The number of methoxy groups -OCH3 is 1. The van der Waals surface area contributed by atoms with E-state index in [1.807, 2.05) is 36.4 Å². The molecule has 1 spiro atoms. The van der Waals surface area contributed by atoms with Gasteiger partial charge in [0, 0.05) is 37.7 Å². The van der Waals surface area contributed by atoms with Gasteiger partial charge in [0.1, 0.15) is 17.1 Å². The summed E-state index contributed by atoms with van der Waals surface area (Å²) in [6.07, 6.45) is 1.20. The third kappa shape index (κ3) is 4.01. The second-order valence-corrected chi connectivity index (χ2v) is 8.83. The van der Waals surface area contributed by atoms with Crippen LogP contribution >= 0.6 is 0 Å². The van der Waals surface area contributed by atoms with Gasteiger partial charge in [-0.15, -0.1) is 0 Å². The summed E-state index contributed by atoms with van der Waals surface area (Å²) in [6.45, 7) is 2.26. The van der Waals surface area contributed by atoms with Crippen LogP contribution in [0.2, 0.25) is 0 Å². The summed E-state index contributed by atoms with van der Waals surface area (Å²) in [4.78, 5) is 2.29. The number of hydrogen-bond donors (Lipinski definition) is 2. The Balaban J connectivity index is 1.24. The van der Waals surface area contributed by atoms with Crippen LogP contribution in [0.25, 0.3) is 10.8 Å². The number of benzene rings is 3. The first-order chi connectivity index (χ1) is 15.0. The first kappa shape index (κ1) is 20.3. The number of aliphatic hydroxyl groups excluding tert-OH is 2. The molecule has 1 saturated heterocycles. The fraction of sp³-hybridized carbons (Fsp3) is 0.385. The molecule has 2 heterocycles. The summed E-state index contributed by atoms with van der Waals surface area (Å²) in [7, 11) is 1.64. The maximum Gasteiger partial charge on any atom is 0.129 e. The maximum atomic E-state index is 10.8. The predicted octanol–water partition coefficient (Wildman–Crippen LogP) is 4.23. The summed E-state index contributed by atoms with van der Waals surface area (Å²) in [6, 6.07) is 20.0. The molecule has 5 heteroatoms. The molecule has 0 saturated carbocycles. The fourth-order valence-corrected chi connectivity index (χ4v) is 4.96. The second-order valence-electron chi connectivity index (χ2n) is 8.83. The van der Waals surface area contributed by atoms with E-state index in [2.05, 4.69) is 29.2 Å². The van der Waals surface area contributed by atoms with Gasteiger partial charge < -0.3 is 24.6 Å². The van der Waals surface area contributed by atoms with Crippen LogP contribution < -0.4 is 9.47 Å². The molecular formula is C26H29NO4. The first-order valence-corrected chi connectivity index (χ1v) is 11.0. The number of hydrogen-bond acceptors (Lipinski definition) is 5. The van der Waals surface area contributed by atoms with E-state index >= 15 is 0 Å². The molecule has 2 aliphatic heterocycles. The third-order valence-electron chi connectivity index (χ3n) is 6.83. The molecule has 2 atom stereocenters. The molecule has 5 nitrogen and oxygen atoms in total. The van der Waals surface area contributed by atoms with Crippen LogP contribution in [0.4, 0.5) is 0 Å². The quantitative estimate of drug-likeness (QED) is 0.663. The normalized spacial score (nSPS) is 21.5. The molecule has 2 N–H and O–H groups in total. The van der Waals surface area contributed by atoms with E-state index in [0.29, 0.717) is 13.0 Å². The molecule has 0 aliphatic carbocycles. The molecule has 162 valence electrons. The zero-order chi connectivity index (χ0) is 21.4. The molecular weight excluding hydrogens is 390 g/mol. The first-order valence-electron chi connectivity index (χ1n) is 11.0. The molecule has 3 aromatic rings. The lowest BCUT2D eigenvalue weighted by Crippen LogP contribution is -2.51. The molecule has 1 fully saturated rings. The Bertz CT molecular complexity index is 1070. The van der Waals surface area contributed by atoms with E-state index in [4.69, 9.17) is 9.47 Å². The van der Waals surface area contributed by atoms with Crippen LogP contribution in [0.5, 0.6) is 11.5 Å². The highest BCUT2D eigenvalue weighted by molar-refractivity contribution is 5.83. The van der Waals surface area contributed by atoms with E-state index in [9.17, 15) is 10.2 Å². The topological polar surface area (TPSA) is 62.2 Å². The summed E-state index contributed by atoms with van der Waals surface area (Å²) in [5.74, 6) is 1.46. The molecule has 0 unspecified atom stereocenters. The van der Waals surface area contributed by atoms with Crippen molar-refractivity contribution >= 4 is 10.8 Å². The maximum absolute atomic E-state index is 10.8. The molecule has 3 aromatic carbocycles. The number of β-amino-alcohol motifs (C(OH)–C–C–N with tert-alkyl or cyclic N) is 1. The highest BCUT2D eigenvalue weighted by Crippen LogP contribution is 2.45. The van der Waals surface area contributed by atoms with E-state index in [0.717, 1.165) is 53.9 Å². The smallest absolute Gasteiger partial charge is 0.129 e. The van der Waals surface area contributed by atoms with Gasteiger partial charge in [0.25, 0.3) is 0 Å². The Morgan fingerprint density at radius 1 is 1.06 bits per heavy atom. The van der Waals surface area contributed by atoms with Crippen molar-refractivity contribution in [1.82, 2.24) is 4.90 Å². The molecule has 5 rings (SSSR count). The van der Waals surface area contributed by atoms with Gasteiger partial charge in [-0.2, -0.15) is 0 Å². The molecule has 0 aromatic heterocycles. The zero-order valence-corrected chi connectivity index (χ0v) is 17.8. The summed E-state index contributed by atoms with van der Waals surface area (Å²) >= 11 is 0. The van der Waals surface area contributed by atoms with Crippen molar-refractivity contribution in [3.63, 3.8) is 0 Å². The van der Waals surface area contributed by atoms with Gasteiger partial charge in [-0.25, -0.2) is 0 Å². The number of piperidine rings is 1. The lowest BCUT2D eigenvalue weighted by Gasteiger charge is -2.46. The lowest BCUT2D eigenvalue weighted by molar-refractivity contribution is -0.0588. The number of rotatable bonds is 4. The van der Waals surface area contributed by atoms with Gasteiger partial charge in [-0.05, 0) is 47.4 Å². The molecule has 0 bridgehead atoms. The average molecular weight is 420 g/mol. The minimum Gasteiger partial charge on any atom is -0.497 e. The van der Waals surface area contributed by atoms with Crippen molar-refractivity contribution < 1.29 is 19.7 Å². The zero-order valence-electron chi connectivity index (χ0n) is 17.8. The number of nitrogens with zero attached hydrogens (tertiary/aromatic N) is 1. The van der Waals surface area contributed by atoms with Crippen molar-refractivity contribution in [1.29, 1.82) is 0 Å². The van der Waals surface area contributed by atoms with Crippen LogP contribution in [0.1, 0.15) is 42.6 Å². The lowest BCUT2D eigenvalue weighted by atomic mass is 9.81. The van der Waals surface area contributed by atoms with Crippen LogP contribution in [-0.2, 0) is 0 Å². The van der Waals surface area contributed by atoms with Gasteiger partial charge in [0.2, 0.25) is 0 Å². The second kappa shape index (κ2) is 8.15. The Morgan fingerprint density at radius 3 is 2.61 bits per heavy atom. The van der Waals surface area contributed by atoms with Gasteiger partial charge in [0.15, 0.2) is 0 Å². The van der Waals surface area contributed by atoms with Crippen LogP contribution in [-0.4, -0.2) is 47.5 Å². The number of ether oxygens (including phenoxy) is 2. The van der Waals surface area contributed by atoms with Crippen molar-refractivity contribution in [2.24, 2.45) is 0 Å². The molecule has 31 heavy (non-hydrogen) atoms. The van der Waals surface area contributed by atoms with Gasteiger partial charge in [-0.1, -0.05) is 36.4 Å². The van der Waals surface area contributed by atoms with Crippen molar-refractivity contribution in [3.8, 4) is 11.5 Å². The average Bonchev–Trinajstić information content (AvgIpc) is 2.80. The van der Waals surface area contributed by atoms with Gasteiger partial charge in [-0.3, -0.25) is 0 Å². The number of likely N-dealkylation sites (tertiary alicyclic amines) is 1. The van der Waals surface area contributed by atoms with Crippen molar-refractivity contribution in [2.45, 2.75) is 37.1 Å². The minimum absolute atomic E-state index is 0.358.